The summed E-state index contributed by atoms with van der Waals surface area (Å²) in [4.78, 5) is 2.82. The Balaban J connectivity index is 1.95. The van der Waals surface area contributed by atoms with Crippen LogP contribution in [0, 0.1) is 3.57 Å². The summed E-state index contributed by atoms with van der Waals surface area (Å²) in [6, 6.07) is 9.27. The smallest absolute Gasteiger partial charge is 0.0461 e. The summed E-state index contributed by atoms with van der Waals surface area (Å²) in [5.41, 5.74) is 1.95. The Labute approximate surface area is 130 Å². The highest BCUT2D eigenvalue weighted by Gasteiger charge is 2.39. The monoisotopic (exact) mass is 369 g/mol. The average molecular weight is 369 g/mol. The fourth-order valence-electron chi connectivity index (χ4n) is 4.02. The highest BCUT2D eigenvalue weighted by molar-refractivity contribution is 14.1. The van der Waals surface area contributed by atoms with Crippen LogP contribution in [0.4, 0.5) is 0 Å². The van der Waals surface area contributed by atoms with Crippen molar-refractivity contribution in [1.82, 2.24) is 4.90 Å². The van der Waals surface area contributed by atoms with Gasteiger partial charge in [-0.2, -0.15) is 0 Å². The van der Waals surface area contributed by atoms with Crippen LogP contribution < -0.4 is 0 Å². The van der Waals surface area contributed by atoms with Crippen LogP contribution in [0.1, 0.15) is 56.9 Å². The molecule has 19 heavy (non-hydrogen) atoms. The molecule has 0 N–H and O–H groups in total. The van der Waals surface area contributed by atoms with Gasteiger partial charge in [-0.25, -0.2) is 0 Å². The standard InChI is InChI=1S/C17H24IN/c18-16-9-7-8-15(14-16)17(10-3-1-4-11-17)19-12-5-2-6-13-19/h7-9,14H,1-6,10-13H2. The Morgan fingerprint density at radius 3 is 2.26 bits per heavy atom. The van der Waals surface area contributed by atoms with Crippen LogP contribution >= 0.6 is 22.6 Å². The second kappa shape index (κ2) is 6.13. The number of piperidine rings is 1. The molecule has 0 amide bonds. The van der Waals surface area contributed by atoms with Crippen molar-refractivity contribution in [1.29, 1.82) is 0 Å². The summed E-state index contributed by atoms with van der Waals surface area (Å²) >= 11 is 2.46. The second-order valence-corrected chi connectivity index (χ2v) is 7.40. The number of benzene rings is 1. The predicted octanol–water partition coefficient (Wildman–Crippen LogP) is 4.94. The average Bonchev–Trinajstić information content (AvgIpc) is 2.49. The van der Waals surface area contributed by atoms with E-state index in [1.807, 2.05) is 0 Å². The van der Waals surface area contributed by atoms with E-state index in [-0.39, 0.29) is 0 Å². The summed E-state index contributed by atoms with van der Waals surface area (Å²) in [7, 11) is 0. The van der Waals surface area contributed by atoms with Crippen LogP contribution in [0.15, 0.2) is 24.3 Å². The maximum atomic E-state index is 2.82. The molecule has 1 heterocycles. The highest BCUT2D eigenvalue weighted by atomic mass is 127. The van der Waals surface area contributed by atoms with Crippen LogP contribution in [-0.2, 0) is 5.54 Å². The Bertz CT molecular complexity index is 417. The number of hydrogen-bond donors (Lipinski definition) is 0. The van der Waals surface area contributed by atoms with Gasteiger partial charge in [-0.15, -0.1) is 0 Å². The van der Waals surface area contributed by atoms with Gasteiger partial charge in [0.1, 0.15) is 0 Å². The van der Waals surface area contributed by atoms with E-state index in [0.717, 1.165) is 0 Å². The number of halogens is 1. The molecule has 0 unspecified atom stereocenters. The van der Waals surface area contributed by atoms with Crippen molar-refractivity contribution in [2.45, 2.75) is 56.9 Å². The summed E-state index contributed by atoms with van der Waals surface area (Å²) < 4.78 is 1.39. The van der Waals surface area contributed by atoms with Gasteiger partial charge >= 0.3 is 0 Å². The van der Waals surface area contributed by atoms with Gasteiger partial charge in [-0.1, -0.05) is 37.8 Å². The first-order valence-corrected chi connectivity index (χ1v) is 8.90. The first-order valence-electron chi connectivity index (χ1n) is 7.82. The van der Waals surface area contributed by atoms with Crippen molar-refractivity contribution < 1.29 is 0 Å². The zero-order valence-corrected chi connectivity index (χ0v) is 13.9. The lowest BCUT2D eigenvalue weighted by molar-refractivity contribution is 0.0303. The Morgan fingerprint density at radius 2 is 1.58 bits per heavy atom. The maximum Gasteiger partial charge on any atom is 0.0461 e. The van der Waals surface area contributed by atoms with Gasteiger partial charge in [0, 0.05) is 9.11 Å². The number of rotatable bonds is 2. The van der Waals surface area contributed by atoms with Crippen LogP contribution in [0.3, 0.4) is 0 Å². The molecule has 0 spiro atoms. The molecular weight excluding hydrogens is 345 g/mol. The Hall–Kier alpha value is -0.0900. The molecule has 2 heteroatoms. The molecule has 1 saturated heterocycles. The molecule has 0 radical (unpaired) electrons. The summed E-state index contributed by atoms with van der Waals surface area (Å²) in [5, 5.41) is 0. The van der Waals surface area contributed by atoms with E-state index in [1.165, 1.54) is 68.0 Å². The van der Waals surface area contributed by atoms with Gasteiger partial charge in [0.2, 0.25) is 0 Å². The summed E-state index contributed by atoms with van der Waals surface area (Å²) in [6.07, 6.45) is 11.2. The van der Waals surface area contributed by atoms with Gasteiger partial charge in [0.05, 0.1) is 0 Å². The Morgan fingerprint density at radius 1 is 0.895 bits per heavy atom. The third-order valence-electron chi connectivity index (χ3n) is 5.00. The van der Waals surface area contributed by atoms with Crippen LogP contribution in [-0.4, -0.2) is 18.0 Å². The minimum Gasteiger partial charge on any atom is -0.294 e. The van der Waals surface area contributed by atoms with E-state index in [9.17, 15) is 0 Å². The lowest BCUT2D eigenvalue weighted by Crippen LogP contribution is -2.49. The van der Waals surface area contributed by atoms with Crippen molar-refractivity contribution in [2.75, 3.05) is 13.1 Å². The first-order chi connectivity index (χ1) is 9.31. The normalized spacial score (nSPS) is 24.3. The topological polar surface area (TPSA) is 3.24 Å². The van der Waals surface area contributed by atoms with E-state index in [4.69, 9.17) is 0 Å². The molecule has 1 aromatic rings. The van der Waals surface area contributed by atoms with Crippen molar-refractivity contribution in [3.63, 3.8) is 0 Å². The summed E-state index contributed by atoms with van der Waals surface area (Å²) in [6.45, 7) is 2.62. The fraction of sp³-hybridized carbons (Fsp3) is 0.647. The molecule has 1 aromatic carbocycles. The third kappa shape index (κ3) is 2.85. The molecule has 104 valence electrons. The van der Waals surface area contributed by atoms with E-state index in [0.29, 0.717) is 5.54 Å². The number of hydrogen-bond acceptors (Lipinski definition) is 1. The van der Waals surface area contributed by atoms with Crippen molar-refractivity contribution >= 4 is 22.6 Å². The van der Waals surface area contributed by atoms with Gasteiger partial charge in [-0.05, 0) is 79.1 Å². The van der Waals surface area contributed by atoms with E-state index in [1.54, 1.807) is 5.56 Å². The Kier molecular flexibility index (Phi) is 4.47. The van der Waals surface area contributed by atoms with Crippen molar-refractivity contribution in [3.05, 3.63) is 33.4 Å². The lowest BCUT2D eigenvalue weighted by Gasteiger charge is -2.49. The maximum absolute atomic E-state index is 2.82. The van der Waals surface area contributed by atoms with Crippen LogP contribution in [0.5, 0.6) is 0 Å². The molecule has 0 atom stereocenters. The quantitative estimate of drug-likeness (QED) is 0.668. The molecule has 1 aliphatic carbocycles. The minimum atomic E-state index is 0.361. The minimum absolute atomic E-state index is 0.361. The molecule has 3 rings (SSSR count). The van der Waals surface area contributed by atoms with Gasteiger partial charge in [0.15, 0.2) is 0 Å². The molecule has 2 fully saturated rings. The summed E-state index contributed by atoms with van der Waals surface area (Å²) in [5.74, 6) is 0. The highest BCUT2D eigenvalue weighted by Crippen LogP contribution is 2.43. The van der Waals surface area contributed by atoms with E-state index >= 15 is 0 Å². The molecular formula is C17H24IN. The predicted molar refractivity (Wildman–Crippen MR) is 89.3 cm³/mol. The largest absolute Gasteiger partial charge is 0.294 e. The third-order valence-corrected chi connectivity index (χ3v) is 5.68. The zero-order valence-electron chi connectivity index (χ0n) is 11.7. The van der Waals surface area contributed by atoms with Gasteiger partial charge in [0.25, 0.3) is 0 Å². The lowest BCUT2D eigenvalue weighted by atomic mass is 9.74. The van der Waals surface area contributed by atoms with Crippen molar-refractivity contribution in [3.8, 4) is 0 Å². The molecule has 0 bridgehead atoms. The molecule has 0 aromatic heterocycles. The SMILES string of the molecule is Ic1cccc(C2(N3CCCCC3)CCCCC2)c1. The molecule has 1 aliphatic heterocycles. The molecule has 1 nitrogen and oxygen atoms in total. The van der Waals surface area contributed by atoms with E-state index in [2.05, 4.69) is 51.8 Å². The number of likely N-dealkylation sites (tertiary alicyclic amines) is 1. The fourth-order valence-corrected chi connectivity index (χ4v) is 4.57. The van der Waals surface area contributed by atoms with Gasteiger partial charge in [-0.3, -0.25) is 4.90 Å². The molecule has 2 aliphatic rings. The van der Waals surface area contributed by atoms with Crippen LogP contribution in [0.25, 0.3) is 0 Å². The number of nitrogens with zero attached hydrogens (tertiary/aromatic N) is 1. The second-order valence-electron chi connectivity index (χ2n) is 6.15. The molecule has 1 saturated carbocycles. The first kappa shape index (κ1) is 13.9. The van der Waals surface area contributed by atoms with Gasteiger partial charge < -0.3 is 0 Å². The zero-order chi connectivity index (χ0) is 13.1. The van der Waals surface area contributed by atoms with E-state index < -0.39 is 0 Å². The van der Waals surface area contributed by atoms with Crippen LogP contribution in [0.2, 0.25) is 0 Å². The van der Waals surface area contributed by atoms with Crippen molar-refractivity contribution in [2.24, 2.45) is 0 Å².